The van der Waals surface area contributed by atoms with E-state index in [0.717, 1.165) is 6.54 Å². The molecule has 0 unspecified atom stereocenters. The van der Waals surface area contributed by atoms with Gasteiger partial charge >= 0.3 is 0 Å². The van der Waals surface area contributed by atoms with E-state index in [2.05, 4.69) is 18.1 Å². The molecule has 86 valence electrons. The summed E-state index contributed by atoms with van der Waals surface area (Å²) in [5, 5.41) is 0. The minimum absolute atomic E-state index is 1.08. The summed E-state index contributed by atoms with van der Waals surface area (Å²) in [6.45, 7) is 6.90. The van der Waals surface area contributed by atoms with Crippen LogP contribution in [0.25, 0.3) is 6.20 Å². The summed E-state index contributed by atoms with van der Waals surface area (Å²) in [7, 11) is -4.92. The second-order valence-electron chi connectivity index (χ2n) is 2.71. The number of rotatable bonds is 3. The third-order valence-electron chi connectivity index (χ3n) is 1.40. The average Bonchev–Trinajstić information content (AvgIpc) is 2.50. The Morgan fingerprint density at radius 1 is 1.67 bits per heavy atom. The van der Waals surface area contributed by atoms with Crippen LogP contribution in [-0.4, -0.2) is 22.1 Å². The maximum absolute atomic E-state index is 8.63. The van der Waals surface area contributed by atoms with E-state index in [-0.39, 0.29) is 0 Å². The molecule has 0 spiro atoms. The maximum atomic E-state index is 8.63. The van der Waals surface area contributed by atoms with Crippen molar-refractivity contribution in [2.24, 2.45) is 0 Å². The lowest BCUT2D eigenvalue weighted by atomic mass is 10.5. The predicted molar refractivity (Wildman–Crippen MR) is 53.6 cm³/mol. The molecule has 1 N–H and O–H groups in total. The fraction of sp³-hybridized carbons (Fsp3) is 0.375. The SMILES string of the molecule is C=Cn1cc[n+](CCC)c1.O=S(=O)([O-])O. The van der Waals surface area contributed by atoms with Crippen molar-refractivity contribution in [1.82, 2.24) is 4.57 Å². The van der Waals surface area contributed by atoms with Crippen LogP contribution in [0, 0.1) is 0 Å². The molecule has 15 heavy (non-hydrogen) atoms. The first-order valence-corrected chi connectivity index (χ1v) is 5.60. The third kappa shape index (κ3) is 9.13. The van der Waals surface area contributed by atoms with Gasteiger partial charge in [0.1, 0.15) is 12.4 Å². The number of nitrogens with zero attached hydrogens (tertiary/aromatic N) is 2. The number of hydrogen-bond acceptors (Lipinski definition) is 3. The normalized spacial score (nSPS) is 10.3. The molecule has 1 heterocycles. The maximum Gasteiger partial charge on any atom is 0.248 e. The fourth-order valence-electron chi connectivity index (χ4n) is 0.909. The van der Waals surface area contributed by atoms with Gasteiger partial charge in [-0.3, -0.25) is 4.55 Å². The second kappa shape index (κ2) is 6.33. The lowest BCUT2D eigenvalue weighted by Crippen LogP contribution is -2.30. The van der Waals surface area contributed by atoms with E-state index in [9.17, 15) is 0 Å². The summed E-state index contributed by atoms with van der Waals surface area (Å²) in [4.78, 5) is 0. The van der Waals surface area contributed by atoms with Crippen molar-refractivity contribution in [3.05, 3.63) is 25.3 Å². The van der Waals surface area contributed by atoms with Gasteiger partial charge in [0.15, 0.2) is 0 Å². The van der Waals surface area contributed by atoms with Crippen LogP contribution in [0.15, 0.2) is 25.3 Å². The van der Waals surface area contributed by atoms with Crippen molar-refractivity contribution in [2.75, 3.05) is 0 Å². The van der Waals surface area contributed by atoms with E-state index < -0.39 is 10.4 Å². The van der Waals surface area contributed by atoms with Gasteiger partial charge < -0.3 is 4.55 Å². The molecule has 0 bridgehead atoms. The Morgan fingerprint density at radius 2 is 2.20 bits per heavy atom. The zero-order valence-electron chi connectivity index (χ0n) is 8.41. The highest BCUT2D eigenvalue weighted by Gasteiger charge is 1.96. The fourth-order valence-corrected chi connectivity index (χ4v) is 0.909. The standard InChI is InChI=1S/C8H13N2.H2O4S/c1-3-5-10-7-6-9(4-2)8-10;1-5(2,3)4/h4,6-8H,2-3,5H2,1H3;(H2,1,2,3,4)/q+1;/p-1. The second-order valence-corrected chi connectivity index (χ2v) is 3.56. The molecule has 0 aliphatic carbocycles. The van der Waals surface area contributed by atoms with Crippen LogP contribution in [0.3, 0.4) is 0 Å². The van der Waals surface area contributed by atoms with Crippen LogP contribution >= 0.6 is 0 Å². The molecule has 0 atom stereocenters. The molecule has 1 aromatic heterocycles. The summed E-state index contributed by atoms with van der Waals surface area (Å²) < 4.78 is 36.9. The number of aromatic nitrogens is 2. The quantitative estimate of drug-likeness (QED) is 0.462. The molecule has 0 amide bonds. The topological polar surface area (TPSA) is 86.2 Å². The first kappa shape index (κ1) is 13.8. The van der Waals surface area contributed by atoms with Gasteiger partial charge in [-0.05, 0) is 6.42 Å². The highest BCUT2D eigenvalue weighted by atomic mass is 32.3. The first-order valence-electron chi connectivity index (χ1n) is 4.24. The van der Waals surface area contributed by atoms with Crippen molar-refractivity contribution in [3.8, 4) is 0 Å². The Hall–Kier alpha value is -1.18. The predicted octanol–water partition coefficient (Wildman–Crippen LogP) is 0.291. The molecule has 0 saturated carbocycles. The Kier molecular flexibility index (Phi) is 5.83. The van der Waals surface area contributed by atoms with E-state index in [1.807, 2.05) is 23.3 Å². The Morgan fingerprint density at radius 3 is 2.53 bits per heavy atom. The molecule has 1 rings (SSSR count). The molecule has 6 nitrogen and oxygen atoms in total. The third-order valence-corrected chi connectivity index (χ3v) is 1.40. The van der Waals surface area contributed by atoms with Gasteiger partial charge in [0.25, 0.3) is 0 Å². The van der Waals surface area contributed by atoms with Gasteiger partial charge in [-0.25, -0.2) is 17.6 Å². The minimum Gasteiger partial charge on any atom is -0.726 e. The highest BCUT2D eigenvalue weighted by Crippen LogP contribution is 1.83. The molecular weight excluding hydrogens is 220 g/mol. The van der Waals surface area contributed by atoms with Crippen LogP contribution < -0.4 is 4.57 Å². The van der Waals surface area contributed by atoms with Crippen molar-refractivity contribution in [2.45, 2.75) is 19.9 Å². The molecule has 0 radical (unpaired) electrons. The number of imidazole rings is 1. The summed E-state index contributed by atoms with van der Waals surface area (Å²) in [6.07, 6.45) is 9.02. The van der Waals surface area contributed by atoms with Gasteiger partial charge in [0.05, 0.1) is 12.7 Å². The Balaban J connectivity index is 0.000000336. The van der Waals surface area contributed by atoms with Crippen molar-refractivity contribution in [3.63, 3.8) is 0 Å². The number of hydrogen-bond donors (Lipinski definition) is 1. The van der Waals surface area contributed by atoms with Crippen molar-refractivity contribution < 1.29 is 22.1 Å². The van der Waals surface area contributed by atoms with Gasteiger partial charge in [-0.2, -0.15) is 0 Å². The molecule has 0 aliphatic rings. The molecule has 0 saturated heterocycles. The molecular formula is C8H14N2O4S. The van der Waals surface area contributed by atoms with Crippen molar-refractivity contribution in [1.29, 1.82) is 0 Å². The van der Waals surface area contributed by atoms with Crippen molar-refractivity contribution >= 4 is 16.6 Å². The molecule has 0 fully saturated rings. The highest BCUT2D eigenvalue weighted by molar-refractivity contribution is 7.79. The molecule has 7 heteroatoms. The molecule has 0 aliphatic heterocycles. The lowest BCUT2D eigenvalue weighted by Gasteiger charge is -1.88. The Labute approximate surface area is 89.1 Å². The van der Waals surface area contributed by atoms with E-state index in [4.69, 9.17) is 17.5 Å². The smallest absolute Gasteiger partial charge is 0.248 e. The first-order chi connectivity index (χ1) is 6.86. The molecule has 0 aromatic carbocycles. The largest absolute Gasteiger partial charge is 0.726 e. The van der Waals surface area contributed by atoms with Gasteiger partial charge in [0, 0.05) is 0 Å². The monoisotopic (exact) mass is 234 g/mol. The van der Waals surface area contributed by atoms with E-state index in [1.54, 1.807) is 6.20 Å². The van der Waals surface area contributed by atoms with Crippen LogP contribution in [0.2, 0.25) is 0 Å². The molecule has 1 aromatic rings. The van der Waals surface area contributed by atoms with E-state index in [1.165, 1.54) is 6.42 Å². The minimum atomic E-state index is -4.92. The van der Waals surface area contributed by atoms with E-state index in [0.29, 0.717) is 0 Å². The van der Waals surface area contributed by atoms with Crippen LogP contribution in [0.1, 0.15) is 13.3 Å². The summed E-state index contributed by atoms with van der Waals surface area (Å²) in [6, 6.07) is 0. The lowest BCUT2D eigenvalue weighted by molar-refractivity contribution is -0.696. The zero-order chi connectivity index (χ0) is 11.9. The van der Waals surface area contributed by atoms with Gasteiger partial charge in [0.2, 0.25) is 16.7 Å². The van der Waals surface area contributed by atoms with Crippen LogP contribution in [-0.2, 0) is 16.9 Å². The number of aryl methyl sites for hydroxylation is 1. The van der Waals surface area contributed by atoms with Crippen LogP contribution in [0.5, 0.6) is 0 Å². The zero-order valence-corrected chi connectivity index (χ0v) is 9.22. The summed E-state index contributed by atoms with van der Waals surface area (Å²) in [5.74, 6) is 0. The summed E-state index contributed by atoms with van der Waals surface area (Å²) in [5.41, 5.74) is 0. The Bertz CT molecular complexity index is 389. The van der Waals surface area contributed by atoms with Crippen LogP contribution in [0.4, 0.5) is 0 Å². The van der Waals surface area contributed by atoms with Gasteiger partial charge in [-0.15, -0.1) is 0 Å². The van der Waals surface area contributed by atoms with Gasteiger partial charge in [-0.1, -0.05) is 13.5 Å². The van der Waals surface area contributed by atoms with E-state index >= 15 is 0 Å². The average molecular weight is 234 g/mol. The summed E-state index contributed by atoms with van der Waals surface area (Å²) >= 11 is 0.